The summed E-state index contributed by atoms with van der Waals surface area (Å²) < 4.78 is 5.24. The number of aliphatic hydroxyl groups excluding tert-OH is 1. The maximum Gasteiger partial charge on any atom is 0.244 e. The zero-order valence-corrected chi connectivity index (χ0v) is 9.97. The number of rotatable bonds is 3. The first-order valence-corrected chi connectivity index (χ1v) is 6.10. The van der Waals surface area contributed by atoms with Crippen LogP contribution in [0.3, 0.4) is 0 Å². The van der Waals surface area contributed by atoms with Crippen molar-refractivity contribution in [3.05, 3.63) is 47.1 Å². The van der Waals surface area contributed by atoms with Crippen LogP contribution in [0.25, 0.3) is 0 Å². The molecule has 1 aliphatic rings. The number of nitrogens with zero attached hydrogens (tertiary/aromatic N) is 2. The molecule has 1 aromatic carbocycles. The molecule has 3 rings (SSSR count). The summed E-state index contributed by atoms with van der Waals surface area (Å²) in [7, 11) is 0. The standard InChI is InChI=1S/C13H15N3O2/c17-6-5-12-15-13(18-16-12)11-7-9-3-1-2-4-10(9)8-14-11/h1-4,11,14,17H,5-8H2/t11-/m0/s1. The van der Waals surface area contributed by atoms with Crippen molar-refractivity contribution in [1.82, 2.24) is 15.5 Å². The molecular formula is C13H15N3O2. The van der Waals surface area contributed by atoms with Crippen molar-refractivity contribution in [2.45, 2.75) is 25.4 Å². The van der Waals surface area contributed by atoms with Crippen LogP contribution in [-0.4, -0.2) is 21.9 Å². The highest BCUT2D eigenvalue weighted by Crippen LogP contribution is 2.24. The highest BCUT2D eigenvalue weighted by atomic mass is 16.5. The normalized spacial score (nSPS) is 18.6. The molecule has 0 amide bonds. The van der Waals surface area contributed by atoms with Gasteiger partial charge < -0.3 is 14.9 Å². The van der Waals surface area contributed by atoms with E-state index >= 15 is 0 Å². The van der Waals surface area contributed by atoms with Gasteiger partial charge in [-0.3, -0.25) is 0 Å². The van der Waals surface area contributed by atoms with Crippen molar-refractivity contribution < 1.29 is 9.63 Å². The lowest BCUT2D eigenvalue weighted by atomic mass is 9.96. The Morgan fingerprint density at radius 3 is 3.00 bits per heavy atom. The van der Waals surface area contributed by atoms with Gasteiger partial charge in [0, 0.05) is 13.0 Å². The minimum Gasteiger partial charge on any atom is -0.396 e. The summed E-state index contributed by atoms with van der Waals surface area (Å²) in [4.78, 5) is 4.30. The topological polar surface area (TPSA) is 71.2 Å². The first-order valence-electron chi connectivity index (χ1n) is 6.10. The van der Waals surface area contributed by atoms with Crippen LogP contribution in [0, 0.1) is 0 Å². The summed E-state index contributed by atoms with van der Waals surface area (Å²) in [6.45, 7) is 0.860. The van der Waals surface area contributed by atoms with E-state index in [4.69, 9.17) is 9.63 Å². The lowest BCUT2D eigenvalue weighted by Gasteiger charge is -2.23. The van der Waals surface area contributed by atoms with Gasteiger partial charge in [0.1, 0.15) is 0 Å². The largest absolute Gasteiger partial charge is 0.396 e. The van der Waals surface area contributed by atoms with E-state index in [1.807, 2.05) is 12.1 Å². The van der Waals surface area contributed by atoms with E-state index in [-0.39, 0.29) is 12.6 Å². The Balaban J connectivity index is 1.78. The van der Waals surface area contributed by atoms with E-state index in [2.05, 4.69) is 27.6 Å². The van der Waals surface area contributed by atoms with E-state index in [9.17, 15) is 0 Å². The minimum atomic E-state index is 0.0416. The third-order valence-corrected chi connectivity index (χ3v) is 3.20. The van der Waals surface area contributed by atoms with Crippen molar-refractivity contribution in [3.8, 4) is 0 Å². The Morgan fingerprint density at radius 1 is 1.33 bits per heavy atom. The van der Waals surface area contributed by atoms with Gasteiger partial charge in [0.05, 0.1) is 12.6 Å². The number of fused-ring (bicyclic) bond motifs is 1. The smallest absolute Gasteiger partial charge is 0.244 e. The molecule has 2 N–H and O–H groups in total. The van der Waals surface area contributed by atoms with Crippen LogP contribution in [0.15, 0.2) is 28.8 Å². The third kappa shape index (κ3) is 2.14. The van der Waals surface area contributed by atoms with Gasteiger partial charge in [-0.05, 0) is 17.5 Å². The highest BCUT2D eigenvalue weighted by Gasteiger charge is 2.23. The lowest BCUT2D eigenvalue weighted by molar-refractivity contribution is 0.290. The molecule has 0 aliphatic carbocycles. The summed E-state index contributed by atoms with van der Waals surface area (Å²) in [5, 5.41) is 16.1. The minimum absolute atomic E-state index is 0.0416. The second kappa shape index (κ2) is 4.88. The first kappa shape index (κ1) is 11.4. The lowest BCUT2D eigenvalue weighted by Crippen LogP contribution is -2.28. The highest BCUT2D eigenvalue weighted by molar-refractivity contribution is 5.30. The molecule has 18 heavy (non-hydrogen) atoms. The zero-order chi connectivity index (χ0) is 12.4. The molecule has 94 valence electrons. The Hall–Kier alpha value is -1.72. The summed E-state index contributed by atoms with van der Waals surface area (Å²) in [5.74, 6) is 1.17. The molecule has 0 saturated carbocycles. The predicted octanol–water partition coefficient (Wildman–Crippen LogP) is 0.991. The average Bonchev–Trinajstić information content (AvgIpc) is 2.87. The van der Waals surface area contributed by atoms with Crippen molar-refractivity contribution >= 4 is 0 Å². The Morgan fingerprint density at radius 2 is 2.17 bits per heavy atom. The van der Waals surface area contributed by atoms with Crippen LogP contribution >= 0.6 is 0 Å². The van der Waals surface area contributed by atoms with Crippen molar-refractivity contribution in [2.24, 2.45) is 0 Å². The van der Waals surface area contributed by atoms with Crippen LogP contribution in [0.4, 0.5) is 0 Å². The number of nitrogens with one attached hydrogen (secondary N) is 1. The van der Waals surface area contributed by atoms with Gasteiger partial charge in [0.2, 0.25) is 5.89 Å². The molecule has 0 unspecified atom stereocenters. The van der Waals surface area contributed by atoms with Crippen LogP contribution < -0.4 is 5.32 Å². The quantitative estimate of drug-likeness (QED) is 0.843. The van der Waals surface area contributed by atoms with E-state index < -0.39 is 0 Å². The fourth-order valence-electron chi connectivity index (χ4n) is 2.24. The number of aliphatic hydroxyl groups is 1. The zero-order valence-electron chi connectivity index (χ0n) is 9.97. The third-order valence-electron chi connectivity index (χ3n) is 3.20. The van der Waals surface area contributed by atoms with Gasteiger partial charge in [0.25, 0.3) is 0 Å². The van der Waals surface area contributed by atoms with E-state index in [1.165, 1.54) is 11.1 Å². The molecule has 0 fully saturated rings. The Kier molecular flexibility index (Phi) is 3.08. The van der Waals surface area contributed by atoms with Gasteiger partial charge >= 0.3 is 0 Å². The maximum atomic E-state index is 8.83. The second-order valence-electron chi connectivity index (χ2n) is 4.43. The molecule has 1 aromatic heterocycles. The number of hydrogen-bond donors (Lipinski definition) is 2. The molecule has 1 atom stereocenters. The number of aromatic nitrogens is 2. The molecule has 5 heteroatoms. The van der Waals surface area contributed by atoms with Crippen molar-refractivity contribution in [1.29, 1.82) is 0 Å². The molecule has 1 aliphatic heterocycles. The SMILES string of the molecule is OCCc1noc([C@@H]2Cc3ccccc3CN2)n1. The molecule has 2 heterocycles. The Bertz CT molecular complexity index is 539. The summed E-state index contributed by atoms with van der Waals surface area (Å²) in [6, 6.07) is 8.43. The summed E-state index contributed by atoms with van der Waals surface area (Å²) in [6.07, 6.45) is 1.30. The van der Waals surface area contributed by atoms with Crippen molar-refractivity contribution in [3.63, 3.8) is 0 Å². The molecule has 2 aromatic rings. The molecule has 0 radical (unpaired) electrons. The van der Waals surface area contributed by atoms with Gasteiger partial charge in [0.15, 0.2) is 5.82 Å². The summed E-state index contributed by atoms with van der Waals surface area (Å²) in [5.41, 5.74) is 2.65. The van der Waals surface area contributed by atoms with E-state index in [0.29, 0.717) is 18.1 Å². The molecule has 5 nitrogen and oxygen atoms in total. The van der Waals surface area contributed by atoms with Crippen LogP contribution in [0.1, 0.15) is 28.9 Å². The Labute approximate surface area is 105 Å². The van der Waals surface area contributed by atoms with Gasteiger partial charge in [-0.15, -0.1) is 0 Å². The molecule has 0 bridgehead atoms. The molecule has 0 spiro atoms. The fraction of sp³-hybridized carbons (Fsp3) is 0.385. The van der Waals surface area contributed by atoms with Crippen LogP contribution in [0.5, 0.6) is 0 Å². The van der Waals surface area contributed by atoms with Crippen LogP contribution in [-0.2, 0) is 19.4 Å². The predicted molar refractivity (Wildman–Crippen MR) is 64.8 cm³/mol. The average molecular weight is 245 g/mol. The summed E-state index contributed by atoms with van der Waals surface area (Å²) >= 11 is 0. The monoisotopic (exact) mass is 245 g/mol. The number of hydrogen-bond acceptors (Lipinski definition) is 5. The molecular weight excluding hydrogens is 230 g/mol. The van der Waals surface area contributed by atoms with Gasteiger partial charge in [-0.1, -0.05) is 29.4 Å². The molecule has 0 saturated heterocycles. The second-order valence-corrected chi connectivity index (χ2v) is 4.43. The maximum absolute atomic E-state index is 8.83. The van der Waals surface area contributed by atoms with Gasteiger partial charge in [-0.2, -0.15) is 4.98 Å². The van der Waals surface area contributed by atoms with Crippen LogP contribution in [0.2, 0.25) is 0 Å². The first-order chi connectivity index (χ1) is 8.86. The number of benzene rings is 1. The fourth-order valence-corrected chi connectivity index (χ4v) is 2.24. The van der Waals surface area contributed by atoms with Gasteiger partial charge in [-0.25, -0.2) is 0 Å². The van der Waals surface area contributed by atoms with E-state index in [0.717, 1.165) is 13.0 Å². The van der Waals surface area contributed by atoms with E-state index in [1.54, 1.807) is 0 Å². The van der Waals surface area contributed by atoms with Crippen molar-refractivity contribution in [2.75, 3.05) is 6.61 Å².